The molecule has 1 N–H and O–H groups in total. The minimum atomic E-state index is -0.452. The molecule has 0 radical (unpaired) electrons. The Balaban J connectivity index is 0.00000116. The van der Waals surface area contributed by atoms with Crippen LogP contribution in [0.4, 0.5) is 0 Å². The molecule has 0 unspecified atom stereocenters. The minimum Gasteiger partial charge on any atom is -0.460 e. The Morgan fingerprint density at radius 2 is 1.55 bits per heavy atom. The van der Waals surface area contributed by atoms with E-state index in [1.807, 2.05) is 56.3 Å². The maximum Gasteiger partial charge on any atom is 0.338 e. The van der Waals surface area contributed by atoms with Gasteiger partial charge in [-0.3, -0.25) is 0 Å². The molecule has 0 aromatic heterocycles. The van der Waals surface area contributed by atoms with Crippen LogP contribution in [0.25, 0.3) is 5.57 Å². The maximum atomic E-state index is 12.0. The van der Waals surface area contributed by atoms with Crippen molar-refractivity contribution in [2.75, 3.05) is 13.2 Å². The van der Waals surface area contributed by atoms with Gasteiger partial charge in [0.05, 0.1) is 12.2 Å². The summed E-state index contributed by atoms with van der Waals surface area (Å²) in [6.45, 7) is 7.87. The Morgan fingerprint density at radius 1 is 1.00 bits per heavy atom. The summed E-state index contributed by atoms with van der Waals surface area (Å²) in [5.41, 5.74) is 2.91. The third-order valence-corrected chi connectivity index (χ3v) is 2.92. The van der Waals surface area contributed by atoms with Crippen molar-refractivity contribution < 1.29 is 14.6 Å². The summed E-state index contributed by atoms with van der Waals surface area (Å²) in [4.78, 5) is 12.0. The van der Waals surface area contributed by atoms with Gasteiger partial charge in [0, 0.05) is 0 Å². The van der Waals surface area contributed by atoms with E-state index in [9.17, 15) is 4.79 Å². The molecule has 0 saturated carbocycles. The summed E-state index contributed by atoms with van der Waals surface area (Å²) < 4.78 is 4.97. The molecule has 2 aromatic carbocycles. The molecule has 0 bridgehead atoms. The van der Waals surface area contributed by atoms with Gasteiger partial charge in [0.2, 0.25) is 0 Å². The van der Waals surface area contributed by atoms with Crippen molar-refractivity contribution in [3.63, 3.8) is 0 Å². The summed E-state index contributed by atoms with van der Waals surface area (Å²) in [6, 6.07) is 16.8. The van der Waals surface area contributed by atoms with Gasteiger partial charge in [-0.1, -0.05) is 69.0 Å². The van der Waals surface area contributed by atoms with Gasteiger partial charge in [-0.25, -0.2) is 4.79 Å². The Hall–Kier alpha value is -2.39. The number of esters is 1. The van der Waals surface area contributed by atoms with Crippen LogP contribution in [0.15, 0.2) is 61.2 Å². The topological polar surface area (TPSA) is 46.5 Å². The van der Waals surface area contributed by atoms with Gasteiger partial charge in [-0.05, 0) is 22.8 Å². The largest absolute Gasteiger partial charge is 0.460 e. The third kappa shape index (κ3) is 4.57. The van der Waals surface area contributed by atoms with Crippen LogP contribution in [0.5, 0.6) is 0 Å². The van der Waals surface area contributed by atoms with Crippen molar-refractivity contribution >= 4 is 11.5 Å². The number of ether oxygens (including phenoxy) is 1. The number of rotatable bonds is 5. The van der Waals surface area contributed by atoms with Crippen molar-refractivity contribution in [3.05, 3.63) is 77.9 Å². The molecule has 0 aliphatic carbocycles. The smallest absolute Gasteiger partial charge is 0.338 e. The molecule has 3 heteroatoms. The van der Waals surface area contributed by atoms with E-state index in [1.165, 1.54) is 0 Å². The highest BCUT2D eigenvalue weighted by atomic mass is 16.5. The molecule has 0 spiro atoms. The van der Waals surface area contributed by atoms with Gasteiger partial charge in [-0.15, -0.1) is 0 Å². The zero-order valence-electron chi connectivity index (χ0n) is 13.1. The lowest BCUT2D eigenvalue weighted by molar-refractivity contribution is 0.0433. The van der Waals surface area contributed by atoms with E-state index >= 15 is 0 Å². The van der Waals surface area contributed by atoms with Crippen LogP contribution >= 0.6 is 0 Å². The normalized spacial score (nSPS) is 9.41. The van der Waals surface area contributed by atoms with Gasteiger partial charge in [0.25, 0.3) is 0 Å². The minimum absolute atomic E-state index is 0.00895. The molecule has 2 rings (SSSR count). The first kappa shape index (κ1) is 17.7. The fourth-order valence-electron chi connectivity index (χ4n) is 1.94. The van der Waals surface area contributed by atoms with E-state index in [4.69, 9.17) is 9.84 Å². The van der Waals surface area contributed by atoms with E-state index in [0.29, 0.717) is 5.56 Å². The zero-order valence-corrected chi connectivity index (χ0v) is 13.1. The highest BCUT2D eigenvalue weighted by Gasteiger charge is 2.14. The average Bonchev–Trinajstić information content (AvgIpc) is 2.61. The molecule has 0 aliphatic rings. The summed E-state index contributed by atoms with van der Waals surface area (Å²) in [7, 11) is 0. The molecule has 0 saturated heterocycles. The number of carbonyl (C=O) groups excluding carboxylic acids is 1. The predicted molar refractivity (Wildman–Crippen MR) is 89.7 cm³/mol. The molecule has 116 valence electrons. The average molecular weight is 298 g/mol. The molecule has 0 fully saturated rings. The van der Waals surface area contributed by atoms with Gasteiger partial charge in [0.1, 0.15) is 6.61 Å². The maximum absolute atomic E-state index is 12.0. The van der Waals surface area contributed by atoms with E-state index in [-0.39, 0.29) is 13.2 Å². The summed E-state index contributed by atoms with van der Waals surface area (Å²) in [5.74, 6) is -0.452. The predicted octanol–water partition coefficient (Wildman–Crippen LogP) is 3.92. The third-order valence-electron chi connectivity index (χ3n) is 2.92. The van der Waals surface area contributed by atoms with Crippen molar-refractivity contribution in [1.82, 2.24) is 0 Å². The summed E-state index contributed by atoms with van der Waals surface area (Å²) in [6.07, 6.45) is 0. The lowest BCUT2D eigenvalue weighted by Crippen LogP contribution is -2.11. The first-order chi connectivity index (χ1) is 10.7. The number of hydrogen-bond donors (Lipinski definition) is 1. The van der Waals surface area contributed by atoms with Crippen LogP contribution in [-0.4, -0.2) is 24.3 Å². The molecule has 0 aliphatic heterocycles. The van der Waals surface area contributed by atoms with Gasteiger partial charge in [-0.2, -0.15) is 0 Å². The van der Waals surface area contributed by atoms with E-state index in [1.54, 1.807) is 12.1 Å². The summed E-state index contributed by atoms with van der Waals surface area (Å²) >= 11 is 0. The number of aliphatic hydroxyl groups is 1. The van der Waals surface area contributed by atoms with Gasteiger partial charge < -0.3 is 9.84 Å². The SMILES string of the molecule is C=C(c1ccccc1)c1ccccc1C(=O)OCCO.CC. The molecular weight excluding hydrogens is 276 g/mol. The highest BCUT2D eigenvalue weighted by molar-refractivity contribution is 5.97. The van der Waals surface area contributed by atoms with Gasteiger partial charge in [0.15, 0.2) is 0 Å². The molecule has 0 amide bonds. The molecule has 0 heterocycles. The van der Waals surface area contributed by atoms with E-state index < -0.39 is 5.97 Å². The van der Waals surface area contributed by atoms with Crippen LogP contribution in [0.3, 0.4) is 0 Å². The number of hydrogen-bond acceptors (Lipinski definition) is 3. The fourth-order valence-corrected chi connectivity index (χ4v) is 1.94. The number of benzene rings is 2. The molecule has 0 atom stereocenters. The first-order valence-electron chi connectivity index (χ1n) is 7.35. The van der Waals surface area contributed by atoms with Gasteiger partial charge >= 0.3 is 5.97 Å². The lowest BCUT2D eigenvalue weighted by Gasteiger charge is -2.11. The second kappa shape index (κ2) is 9.53. The van der Waals surface area contributed by atoms with Crippen molar-refractivity contribution in [2.24, 2.45) is 0 Å². The van der Waals surface area contributed by atoms with Crippen LogP contribution in [0, 0.1) is 0 Å². The van der Waals surface area contributed by atoms with Crippen LogP contribution < -0.4 is 0 Å². The lowest BCUT2D eigenvalue weighted by atomic mass is 9.95. The van der Waals surface area contributed by atoms with Crippen LogP contribution in [0.2, 0.25) is 0 Å². The Morgan fingerprint density at radius 3 is 2.14 bits per heavy atom. The number of carbonyl (C=O) groups is 1. The zero-order chi connectivity index (χ0) is 16.4. The Labute approximate surface area is 131 Å². The second-order valence-electron chi connectivity index (χ2n) is 4.25. The number of aliphatic hydroxyl groups excluding tert-OH is 1. The van der Waals surface area contributed by atoms with Crippen molar-refractivity contribution in [1.29, 1.82) is 0 Å². The van der Waals surface area contributed by atoms with Crippen molar-refractivity contribution in [2.45, 2.75) is 13.8 Å². The van der Waals surface area contributed by atoms with E-state index in [2.05, 4.69) is 6.58 Å². The van der Waals surface area contributed by atoms with Crippen LogP contribution in [0.1, 0.15) is 35.3 Å². The molecule has 3 nitrogen and oxygen atoms in total. The monoisotopic (exact) mass is 298 g/mol. The van der Waals surface area contributed by atoms with Crippen LogP contribution in [-0.2, 0) is 4.74 Å². The standard InChI is InChI=1S/C17H16O3.C2H6/c1-13(14-7-3-2-4-8-14)15-9-5-6-10-16(15)17(19)20-12-11-18;1-2/h2-10,18H,1,11-12H2;1-2H3. The molecular formula is C19H22O3. The van der Waals surface area contributed by atoms with Crippen molar-refractivity contribution in [3.8, 4) is 0 Å². The molecule has 22 heavy (non-hydrogen) atoms. The Kier molecular flexibility index (Phi) is 7.65. The quantitative estimate of drug-likeness (QED) is 0.851. The highest BCUT2D eigenvalue weighted by Crippen LogP contribution is 2.25. The molecule has 2 aromatic rings. The Bertz CT molecular complexity index is 603. The fraction of sp³-hybridized carbons (Fsp3) is 0.211. The summed E-state index contributed by atoms with van der Waals surface area (Å²) in [5, 5.41) is 8.72. The second-order valence-corrected chi connectivity index (χ2v) is 4.25. The van der Waals surface area contributed by atoms with E-state index in [0.717, 1.165) is 16.7 Å². The first-order valence-corrected chi connectivity index (χ1v) is 7.35.